The zero-order valence-corrected chi connectivity index (χ0v) is 4.85. The summed E-state index contributed by atoms with van der Waals surface area (Å²) >= 11 is 0. The first kappa shape index (κ1) is 7.37. The molecule has 56 valence electrons. The molecule has 0 spiro atoms. The largest absolute Gasteiger partial charge is 0.464 e. The Kier molecular flexibility index (Phi) is 1.82. The second-order valence-electron chi connectivity index (χ2n) is 1.86. The van der Waals surface area contributed by atoms with Crippen molar-refractivity contribution in [2.45, 2.75) is 18.6 Å². The van der Waals surface area contributed by atoms with Gasteiger partial charge in [-0.05, 0) is 0 Å². The van der Waals surface area contributed by atoms with Crippen LogP contribution < -0.4 is 0 Å². The Morgan fingerprint density at radius 3 is 2.70 bits per heavy atom. The van der Waals surface area contributed by atoms with Crippen LogP contribution in [0.15, 0.2) is 4.99 Å². The molecule has 0 aliphatic carbocycles. The fourth-order valence-electron chi connectivity index (χ4n) is 0.568. The fourth-order valence-corrected chi connectivity index (χ4v) is 0.568. The van der Waals surface area contributed by atoms with Crippen LogP contribution in [0.3, 0.4) is 0 Å². The highest BCUT2D eigenvalue weighted by atomic mass is 19.4. The number of hydrogen-bond donors (Lipinski definition) is 0. The van der Waals surface area contributed by atoms with E-state index in [1.165, 1.54) is 0 Å². The second-order valence-corrected chi connectivity index (χ2v) is 1.86. The first-order valence-electron chi connectivity index (χ1n) is 2.58. The van der Waals surface area contributed by atoms with Gasteiger partial charge in [-0.25, -0.2) is 4.99 Å². The average Bonchev–Trinajstić information content (AvgIpc) is 2.12. The lowest BCUT2D eigenvalue weighted by atomic mass is 10.2. The highest BCUT2D eigenvalue weighted by Gasteiger charge is 2.33. The van der Waals surface area contributed by atoms with Crippen LogP contribution in [-0.2, 0) is 4.74 Å². The third-order valence-electron chi connectivity index (χ3n) is 0.937. The van der Waals surface area contributed by atoms with E-state index in [1.807, 2.05) is 6.40 Å². The molecule has 0 N–H and O–H groups in total. The van der Waals surface area contributed by atoms with Gasteiger partial charge >= 0.3 is 6.18 Å². The van der Waals surface area contributed by atoms with E-state index in [2.05, 4.69) is 9.73 Å². The molecule has 0 fully saturated rings. The SMILES string of the molecule is FC(F)(F)CC1[CH]O[C]=N1. The van der Waals surface area contributed by atoms with Crippen molar-refractivity contribution in [1.29, 1.82) is 0 Å². The Hall–Kier alpha value is -0.740. The molecule has 1 aliphatic rings. The zero-order chi connectivity index (χ0) is 7.61. The summed E-state index contributed by atoms with van der Waals surface area (Å²) in [5, 5.41) is 0. The molecule has 0 aromatic rings. The number of aliphatic imine (C=N–C) groups is 1. The molecule has 1 heterocycles. The van der Waals surface area contributed by atoms with Gasteiger partial charge in [-0.15, -0.1) is 0 Å². The van der Waals surface area contributed by atoms with Crippen molar-refractivity contribution in [1.82, 2.24) is 0 Å². The van der Waals surface area contributed by atoms with Gasteiger partial charge in [-0.3, -0.25) is 0 Å². The maximum absolute atomic E-state index is 11.5. The molecule has 0 aromatic heterocycles. The molecule has 0 amide bonds. The van der Waals surface area contributed by atoms with E-state index in [4.69, 9.17) is 0 Å². The topological polar surface area (TPSA) is 21.6 Å². The van der Waals surface area contributed by atoms with Crippen LogP contribution in [0.1, 0.15) is 6.42 Å². The third kappa shape index (κ3) is 2.24. The summed E-state index contributed by atoms with van der Waals surface area (Å²) in [5.41, 5.74) is 0. The monoisotopic (exact) mass is 151 g/mol. The minimum atomic E-state index is -4.18. The van der Waals surface area contributed by atoms with Crippen molar-refractivity contribution >= 4 is 6.40 Å². The average molecular weight is 151 g/mol. The smallest absolute Gasteiger partial charge is 0.391 e. The molecule has 0 saturated carbocycles. The summed E-state index contributed by atoms with van der Waals surface area (Å²) in [6, 6.07) is -0.903. The number of ether oxygens (including phenoxy) is 1. The van der Waals surface area contributed by atoms with E-state index >= 15 is 0 Å². The standard InChI is InChI=1S/C5H4F3NO/c6-5(7,8)1-4-2-10-3-9-4/h2,4H,1H2. The minimum absolute atomic E-state index is 0.903. The normalized spacial score (nSPS) is 24.9. The number of alkyl halides is 3. The number of rotatable bonds is 1. The summed E-state index contributed by atoms with van der Waals surface area (Å²) < 4.78 is 38.9. The van der Waals surface area contributed by atoms with Gasteiger partial charge in [-0.1, -0.05) is 0 Å². The Labute approximate surface area is 55.7 Å². The summed E-state index contributed by atoms with van der Waals surface area (Å²) in [7, 11) is 0. The van der Waals surface area contributed by atoms with Crippen molar-refractivity contribution < 1.29 is 17.9 Å². The van der Waals surface area contributed by atoms with Gasteiger partial charge in [0.25, 0.3) is 6.40 Å². The predicted octanol–water partition coefficient (Wildman–Crippen LogP) is 1.40. The molecule has 0 bridgehead atoms. The molecule has 1 atom stereocenters. The summed E-state index contributed by atoms with van der Waals surface area (Å²) in [4.78, 5) is 3.27. The van der Waals surface area contributed by atoms with Gasteiger partial charge < -0.3 is 4.74 Å². The summed E-state index contributed by atoms with van der Waals surface area (Å²) in [6.07, 6.45) is -3.19. The minimum Gasteiger partial charge on any atom is -0.464 e. The van der Waals surface area contributed by atoms with Crippen molar-refractivity contribution in [3.05, 3.63) is 6.61 Å². The van der Waals surface area contributed by atoms with Gasteiger partial charge in [-0.2, -0.15) is 13.2 Å². The van der Waals surface area contributed by atoms with Crippen LogP contribution in [0.25, 0.3) is 0 Å². The van der Waals surface area contributed by atoms with Crippen LogP contribution >= 0.6 is 0 Å². The lowest BCUT2D eigenvalue weighted by molar-refractivity contribution is -0.137. The molecular formula is C5H4F3NO. The van der Waals surface area contributed by atoms with Crippen molar-refractivity contribution in [2.24, 2.45) is 4.99 Å². The molecule has 5 heteroatoms. The van der Waals surface area contributed by atoms with Gasteiger partial charge in [0.15, 0.2) is 6.61 Å². The lowest BCUT2D eigenvalue weighted by Gasteiger charge is -2.07. The highest BCUT2D eigenvalue weighted by Crippen LogP contribution is 2.25. The first-order chi connectivity index (χ1) is 4.58. The van der Waals surface area contributed by atoms with Gasteiger partial charge in [0, 0.05) is 0 Å². The zero-order valence-electron chi connectivity index (χ0n) is 4.85. The van der Waals surface area contributed by atoms with E-state index in [-0.39, 0.29) is 0 Å². The summed E-state index contributed by atoms with van der Waals surface area (Å²) in [5.74, 6) is 0. The Morgan fingerprint density at radius 2 is 2.30 bits per heavy atom. The second kappa shape index (κ2) is 2.48. The molecule has 0 saturated heterocycles. The van der Waals surface area contributed by atoms with Crippen molar-refractivity contribution in [3.63, 3.8) is 0 Å². The van der Waals surface area contributed by atoms with Crippen LogP contribution in [0.4, 0.5) is 13.2 Å². The van der Waals surface area contributed by atoms with Gasteiger partial charge in [0.05, 0.1) is 6.42 Å². The van der Waals surface area contributed by atoms with E-state index in [1.54, 1.807) is 0 Å². The third-order valence-corrected chi connectivity index (χ3v) is 0.937. The Bertz CT molecular complexity index is 142. The van der Waals surface area contributed by atoms with Gasteiger partial charge in [0.1, 0.15) is 6.04 Å². The first-order valence-corrected chi connectivity index (χ1v) is 2.58. The van der Waals surface area contributed by atoms with Crippen molar-refractivity contribution in [3.8, 4) is 0 Å². The number of nitrogens with zero attached hydrogens (tertiary/aromatic N) is 1. The Morgan fingerprint density at radius 1 is 1.60 bits per heavy atom. The Balaban J connectivity index is 2.31. The summed E-state index contributed by atoms with van der Waals surface area (Å²) in [6.45, 7) is 1.01. The van der Waals surface area contributed by atoms with E-state index < -0.39 is 18.6 Å². The number of halogens is 3. The van der Waals surface area contributed by atoms with Crippen LogP contribution in [0.5, 0.6) is 0 Å². The number of hydrogen-bond acceptors (Lipinski definition) is 2. The van der Waals surface area contributed by atoms with E-state index in [0.29, 0.717) is 0 Å². The molecule has 1 unspecified atom stereocenters. The quantitative estimate of drug-likeness (QED) is 0.555. The molecular weight excluding hydrogens is 147 g/mol. The predicted molar refractivity (Wildman–Crippen MR) is 27.3 cm³/mol. The lowest BCUT2D eigenvalue weighted by Crippen LogP contribution is -2.16. The molecule has 10 heavy (non-hydrogen) atoms. The van der Waals surface area contributed by atoms with Crippen LogP contribution in [-0.4, -0.2) is 18.6 Å². The van der Waals surface area contributed by atoms with E-state index in [9.17, 15) is 13.2 Å². The maximum atomic E-state index is 11.5. The van der Waals surface area contributed by atoms with E-state index in [0.717, 1.165) is 6.61 Å². The van der Waals surface area contributed by atoms with Crippen molar-refractivity contribution in [2.75, 3.05) is 0 Å². The maximum Gasteiger partial charge on any atom is 0.391 e. The van der Waals surface area contributed by atoms with Gasteiger partial charge in [0.2, 0.25) is 0 Å². The van der Waals surface area contributed by atoms with Crippen LogP contribution in [0, 0.1) is 6.61 Å². The molecule has 1 rings (SSSR count). The highest BCUT2D eigenvalue weighted by molar-refractivity contribution is 5.50. The molecule has 1 aliphatic heterocycles. The van der Waals surface area contributed by atoms with Crippen LogP contribution in [0.2, 0.25) is 0 Å². The fraction of sp³-hybridized carbons (Fsp3) is 0.600. The molecule has 0 aromatic carbocycles. The molecule has 2 nitrogen and oxygen atoms in total. The molecule has 2 radical (unpaired) electrons.